The van der Waals surface area contributed by atoms with E-state index in [0.717, 1.165) is 24.5 Å². The summed E-state index contributed by atoms with van der Waals surface area (Å²) in [6.45, 7) is 6.79. The molecule has 0 aliphatic heterocycles. The molecule has 0 bridgehead atoms. The van der Waals surface area contributed by atoms with E-state index in [0.29, 0.717) is 6.42 Å². The predicted molar refractivity (Wildman–Crippen MR) is 55.6 cm³/mol. The summed E-state index contributed by atoms with van der Waals surface area (Å²) in [5.74, 6) is 1.49. The Morgan fingerprint density at radius 3 is 2.77 bits per heavy atom. The lowest BCUT2D eigenvalue weighted by Gasteiger charge is -2.18. The SMILES string of the molecule is CC1=C(CCC=O)C(C(C)C)CC1. The molecule has 0 amide bonds. The van der Waals surface area contributed by atoms with Crippen LogP contribution in [0.1, 0.15) is 46.5 Å². The molecule has 1 rings (SSSR count). The van der Waals surface area contributed by atoms with Crippen molar-refractivity contribution >= 4 is 6.29 Å². The Morgan fingerprint density at radius 2 is 2.23 bits per heavy atom. The van der Waals surface area contributed by atoms with Crippen molar-refractivity contribution in [3.63, 3.8) is 0 Å². The lowest BCUT2D eigenvalue weighted by atomic mass is 9.87. The molecule has 1 aliphatic carbocycles. The number of allylic oxidation sites excluding steroid dienone is 2. The van der Waals surface area contributed by atoms with Crippen molar-refractivity contribution in [1.82, 2.24) is 0 Å². The Morgan fingerprint density at radius 1 is 1.54 bits per heavy atom. The molecular weight excluding hydrogens is 160 g/mol. The van der Waals surface area contributed by atoms with E-state index in [1.165, 1.54) is 12.8 Å². The average Bonchev–Trinajstić information content (AvgIpc) is 2.43. The zero-order valence-electron chi connectivity index (χ0n) is 8.97. The van der Waals surface area contributed by atoms with Crippen LogP contribution < -0.4 is 0 Å². The predicted octanol–water partition coefficient (Wildman–Crippen LogP) is 3.35. The van der Waals surface area contributed by atoms with Crippen molar-refractivity contribution in [2.75, 3.05) is 0 Å². The molecule has 0 heterocycles. The van der Waals surface area contributed by atoms with Gasteiger partial charge >= 0.3 is 0 Å². The van der Waals surface area contributed by atoms with Crippen LogP contribution in [0.3, 0.4) is 0 Å². The molecule has 1 unspecified atom stereocenters. The summed E-state index contributed by atoms with van der Waals surface area (Å²) in [6, 6.07) is 0. The molecule has 0 aromatic heterocycles. The van der Waals surface area contributed by atoms with Gasteiger partial charge in [0.15, 0.2) is 0 Å². The minimum atomic E-state index is 0.704. The van der Waals surface area contributed by atoms with E-state index in [9.17, 15) is 4.79 Å². The molecule has 0 fully saturated rings. The van der Waals surface area contributed by atoms with Gasteiger partial charge in [0, 0.05) is 6.42 Å². The molecule has 0 spiro atoms. The molecule has 1 atom stereocenters. The second-order valence-electron chi connectivity index (χ2n) is 4.40. The van der Waals surface area contributed by atoms with Gasteiger partial charge in [-0.2, -0.15) is 0 Å². The Bertz CT molecular complexity index is 213. The largest absolute Gasteiger partial charge is 0.303 e. The third-order valence-electron chi connectivity index (χ3n) is 3.16. The highest BCUT2D eigenvalue weighted by Crippen LogP contribution is 2.38. The Labute approximate surface area is 81.2 Å². The third-order valence-corrected chi connectivity index (χ3v) is 3.16. The maximum absolute atomic E-state index is 10.3. The number of hydrogen-bond acceptors (Lipinski definition) is 1. The highest BCUT2D eigenvalue weighted by atomic mass is 16.1. The van der Waals surface area contributed by atoms with Crippen molar-refractivity contribution in [2.24, 2.45) is 11.8 Å². The molecule has 0 saturated carbocycles. The quantitative estimate of drug-likeness (QED) is 0.479. The lowest BCUT2D eigenvalue weighted by Crippen LogP contribution is -2.08. The topological polar surface area (TPSA) is 17.1 Å². The Kier molecular flexibility index (Phi) is 3.71. The first-order chi connectivity index (χ1) is 6.16. The number of rotatable bonds is 4. The normalized spacial score (nSPS) is 22.9. The molecule has 0 aromatic rings. The third kappa shape index (κ3) is 2.43. The fraction of sp³-hybridized carbons (Fsp3) is 0.750. The Balaban J connectivity index is 2.64. The average molecular weight is 180 g/mol. The number of carbonyl (C=O) groups excluding carboxylic acids is 1. The van der Waals surface area contributed by atoms with E-state index in [1.807, 2.05) is 0 Å². The van der Waals surface area contributed by atoms with Crippen molar-refractivity contribution in [3.8, 4) is 0 Å². The van der Waals surface area contributed by atoms with Gasteiger partial charge in [0.1, 0.15) is 6.29 Å². The molecule has 13 heavy (non-hydrogen) atoms. The van der Waals surface area contributed by atoms with E-state index < -0.39 is 0 Å². The van der Waals surface area contributed by atoms with Crippen LogP contribution in [0.2, 0.25) is 0 Å². The summed E-state index contributed by atoms with van der Waals surface area (Å²) in [4.78, 5) is 10.3. The summed E-state index contributed by atoms with van der Waals surface area (Å²) in [7, 11) is 0. The summed E-state index contributed by atoms with van der Waals surface area (Å²) in [5, 5.41) is 0. The van der Waals surface area contributed by atoms with Gasteiger partial charge in [-0.05, 0) is 38.0 Å². The second-order valence-corrected chi connectivity index (χ2v) is 4.40. The minimum absolute atomic E-state index is 0.704. The first kappa shape index (κ1) is 10.5. The maximum atomic E-state index is 10.3. The van der Waals surface area contributed by atoms with Crippen molar-refractivity contribution in [3.05, 3.63) is 11.1 Å². The highest BCUT2D eigenvalue weighted by Gasteiger charge is 2.24. The summed E-state index contributed by atoms with van der Waals surface area (Å²) in [6.07, 6.45) is 5.29. The van der Waals surface area contributed by atoms with E-state index in [2.05, 4.69) is 20.8 Å². The number of aldehydes is 1. The highest BCUT2D eigenvalue weighted by molar-refractivity contribution is 5.50. The molecule has 1 heteroatoms. The van der Waals surface area contributed by atoms with Crippen LogP contribution in [0.15, 0.2) is 11.1 Å². The van der Waals surface area contributed by atoms with Crippen LogP contribution in [0.4, 0.5) is 0 Å². The molecule has 0 aromatic carbocycles. The van der Waals surface area contributed by atoms with Gasteiger partial charge in [0.2, 0.25) is 0 Å². The van der Waals surface area contributed by atoms with Gasteiger partial charge in [-0.3, -0.25) is 0 Å². The molecule has 0 saturated heterocycles. The molecule has 1 aliphatic rings. The first-order valence-corrected chi connectivity index (χ1v) is 5.29. The first-order valence-electron chi connectivity index (χ1n) is 5.29. The maximum Gasteiger partial charge on any atom is 0.120 e. The number of hydrogen-bond donors (Lipinski definition) is 0. The fourth-order valence-electron chi connectivity index (χ4n) is 2.37. The van der Waals surface area contributed by atoms with Gasteiger partial charge in [0.05, 0.1) is 0 Å². The van der Waals surface area contributed by atoms with Gasteiger partial charge in [-0.15, -0.1) is 0 Å². The Hall–Kier alpha value is -0.590. The zero-order chi connectivity index (χ0) is 9.84. The van der Waals surface area contributed by atoms with Crippen molar-refractivity contribution < 1.29 is 4.79 Å². The van der Waals surface area contributed by atoms with E-state index in [-0.39, 0.29) is 0 Å². The van der Waals surface area contributed by atoms with Crippen molar-refractivity contribution in [2.45, 2.75) is 46.5 Å². The fourth-order valence-corrected chi connectivity index (χ4v) is 2.37. The van der Waals surface area contributed by atoms with Crippen molar-refractivity contribution in [1.29, 1.82) is 0 Å². The molecular formula is C12H20O. The molecule has 0 N–H and O–H groups in total. The molecule has 1 nitrogen and oxygen atoms in total. The van der Waals surface area contributed by atoms with E-state index >= 15 is 0 Å². The molecule has 0 radical (unpaired) electrons. The van der Waals surface area contributed by atoms with Gasteiger partial charge in [0.25, 0.3) is 0 Å². The van der Waals surface area contributed by atoms with Gasteiger partial charge in [-0.25, -0.2) is 0 Å². The summed E-state index contributed by atoms with van der Waals surface area (Å²) >= 11 is 0. The van der Waals surface area contributed by atoms with Crippen LogP contribution in [0, 0.1) is 11.8 Å². The van der Waals surface area contributed by atoms with Crippen LogP contribution in [-0.2, 0) is 4.79 Å². The standard InChI is InChI=1S/C12H20O/c1-9(2)11-7-6-10(3)12(11)5-4-8-13/h8-9,11H,4-7H2,1-3H3. The van der Waals surface area contributed by atoms with Gasteiger partial charge in [-0.1, -0.05) is 25.0 Å². The molecule has 74 valence electrons. The smallest absolute Gasteiger partial charge is 0.120 e. The van der Waals surface area contributed by atoms with E-state index in [1.54, 1.807) is 11.1 Å². The van der Waals surface area contributed by atoms with Gasteiger partial charge < -0.3 is 4.79 Å². The number of carbonyl (C=O) groups is 1. The monoisotopic (exact) mass is 180 g/mol. The summed E-state index contributed by atoms with van der Waals surface area (Å²) in [5.41, 5.74) is 3.11. The van der Waals surface area contributed by atoms with Crippen LogP contribution >= 0.6 is 0 Å². The second kappa shape index (κ2) is 4.59. The summed E-state index contributed by atoms with van der Waals surface area (Å²) < 4.78 is 0. The van der Waals surface area contributed by atoms with Crippen LogP contribution in [0.25, 0.3) is 0 Å². The lowest BCUT2D eigenvalue weighted by molar-refractivity contribution is -0.107. The van der Waals surface area contributed by atoms with Crippen LogP contribution in [-0.4, -0.2) is 6.29 Å². The minimum Gasteiger partial charge on any atom is -0.303 e. The van der Waals surface area contributed by atoms with Crippen LogP contribution in [0.5, 0.6) is 0 Å². The zero-order valence-corrected chi connectivity index (χ0v) is 8.97. The van der Waals surface area contributed by atoms with E-state index in [4.69, 9.17) is 0 Å².